The van der Waals surface area contributed by atoms with Crippen LogP contribution in [0.3, 0.4) is 0 Å². The first-order chi connectivity index (χ1) is 8.83. The first-order valence-electron chi connectivity index (χ1n) is 3.95. The molecule has 0 saturated carbocycles. The van der Waals surface area contributed by atoms with E-state index in [2.05, 4.69) is 0 Å². The van der Waals surface area contributed by atoms with E-state index in [4.69, 9.17) is 33.4 Å². The Morgan fingerprint density at radius 2 is 0.545 bits per heavy atom. The SMILES string of the molecule is N=C([NH-])C(F)(F)F.N=C([NH-])C(F)(F)F.N=C([NH-])C(F)(F)F.[Cr+3]. The van der Waals surface area contributed by atoms with Gasteiger partial charge in [-0.05, 0) is 0 Å². The summed E-state index contributed by atoms with van der Waals surface area (Å²) in [6.45, 7) is 0. The third-order valence-electron chi connectivity index (χ3n) is 0.850. The smallest absolute Gasteiger partial charge is 0.479 e. The second-order valence-corrected chi connectivity index (χ2v) is 2.62. The third kappa shape index (κ3) is 20.6. The Balaban J connectivity index is -0.000000108. The molecule has 6 N–H and O–H groups in total. The van der Waals surface area contributed by atoms with Crippen molar-refractivity contribution in [3.05, 3.63) is 17.2 Å². The third-order valence-corrected chi connectivity index (χ3v) is 0.850. The molecule has 0 amide bonds. The minimum Gasteiger partial charge on any atom is -0.479 e. The molecule has 0 fully saturated rings. The predicted octanol–water partition coefficient (Wildman–Crippen LogP) is 4.73. The van der Waals surface area contributed by atoms with Crippen molar-refractivity contribution in [2.45, 2.75) is 18.5 Å². The maximum Gasteiger partial charge on any atom is 3.00 e. The van der Waals surface area contributed by atoms with E-state index in [0.717, 1.165) is 0 Å². The summed E-state index contributed by atoms with van der Waals surface area (Å²) in [5, 5.41) is 17.1. The van der Waals surface area contributed by atoms with Crippen molar-refractivity contribution in [1.82, 2.24) is 0 Å². The molecule has 0 aromatic rings. The van der Waals surface area contributed by atoms with Gasteiger partial charge < -0.3 is 33.4 Å². The fraction of sp³-hybridized carbons (Fsp3) is 0.500. The van der Waals surface area contributed by atoms with E-state index >= 15 is 0 Å². The molecule has 22 heavy (non-hydrogen) atoms. The maximum absolute atomic E-state index is 10.8. The topological polar surface area (TPSA) is 143 Å². The second-order valence-electron chi connectivity index (χ2n) is 2.62. The van der Waals surface area contributed by atoms with Gasteiger partial charge in [0, 0.05) is 17.5 Å². The summed E-state index contributed by atoms with van der Waals surface area (Å²) >= 11 is 0. The van der Waals surface area contributed by atoms with Gasteiger partial charge in [0.2, 0.25) is 0 Å². The van der Waals surface area contributed by atoms with Gasteiger partial charge in [0.05, 0.1) is 0 Å². The predicted molar refractivity (Wildman–Crippen MR) is 54.3 cm³/mol. The zero-order valence-electron chi connectivity index (χ0n) is 9.81. The Morgan fingerprint density at radius 1 is 0.500 bits per heavy atom. The number of hydrogen-bond donors (Lipinski definition) is 3. The minimum atomic E-state index is -4.75. The molecule has 1 radical (unpaired) electrons. The first-order valence-corrected chi connectivity index (χ1v) is 3.95. The van der Waals surface area contributed by atoms with Crippen molar-refractivity contribution in [1.29, 1.82) is 16.2 Å². The summed E-state index contributed by atoms with van der Waals surface area (Å²) < 4.78 is 96.9. The quantitative estimate of drug-likeness (QED) is 0.301. The number of halogens is 9. The van der Waals surface area contributed by atoms with E-state index in [1.54, 1.807) is 0 Å². The Bertz CT molecular complexity index is 313. The van der Waals surface area contributed by atoms with E-state index in [1.807, 2.05) is 0 Å². The average molecular weight is 385 g/mol. The number of alkyl halides is 9. The fourth-order valence-electron chi connectivity index (χ4n) is 0. The summed E-state index contributed by atoms with van der Waals surface area (Å²) in [6, 6.07) is 0. The summed E-state index contributed by atoms with van der Waals surface area (Å²) in [7, 11) is 0. The van der Waals surface area contributed by atoms with Crippen LogP contribution in [0.25, 0.3) is 17.2 Å². The van der Waals surface area contributed by atoms with Crippen molar-refractivity contribution >= 4 is 17.5 Å². The van der Waals surface area contributed by atoms with E-state index in [0.29, 0.717) is 0 Å². The Kier molecular flexibility index (Phi) is 13.1. The molecule has 0 rings (SSSR count). The van der Waals surface area contributed by atoms with Gasteiger partial charge in [-0.25, -0.2) is 0 Å². The van der Waals surface area contributed by atoms with Crippen LogP contribution < -0.4 is 0 Å². The second kappa shape index (κ2) is 10.1. The normalized spacial score (nSPS) is 10.8. The van der Waals surface area contributed by atoms with E-state index in [9.17, 15) is 39.5 Å². The van der Waals surface area contributed by atoms with Gasteiger partial charge in [0.1, 0.15) is 0 Å². The van der Waals surface area contributed by atoms with Gasteiger partial charge in [0.15, 0.2) is 0 Å². The van der Waals surface area contributed by atoms with E-state index in [1.165, 1.54) is 0 Å². The standard InChI is InChI=1S/3C2H2F3N2.Cr/c3*3-2(4,5)1(6)7;/h3*(H2-,6,7);/q3*-1;+3. The molecule has 0 aliphatic heterocycles. The van der Waals surface area contributed by atoms with Gasteiger partial charge in [-0.3, -0.25) is 0 Å². The molecular weight excluding hydrogens is 379 g/mol. The van der Waals surface area contributed by atoms with Crippen LogP contribution >= 0.6 is 0 Å². The number of nitrogens with one attached hydrogen (secondary N) is 6. The van der Waals surface area contributed by atoms with Crippen LogP contribution in [0.2, 0.25) is 0 Å². The molecule has 0 heterocycles. The Labute approximate surface area is 127 Å². The van der Waals surface area contributed by atoms with E-state index < -0.39 is 36.0 Å². The van der Waals surface area contributed by atoms with Crippen molar-refractivity contribution in [2.24, 2.45) is 0 Å². The molecule has 0 saturated heterocycles. The largest absolute Gasteiger partial charge is 3.00 e. The van der Waals surface area contributed by atoms with Crippen molar-refractivity contribution < 1.29 is 56.9 Å². The molecule has 0 unspecified atom stereocenters. The Morgan fingerprint density at radius 3 is 0.545 bits per heavy atom. The van der Waals surface area contributed by atoms with Crippen molar-refractivity contribution in [3.8, 4) is 0 Å². The summed E-state index contributed by atoms with van der Waals surface area (Å²) in [4.78, 5) is 0. The summed E-state index contributed by atoms with van der Waals surface area (Å²) in [6.07, 6.45) is -14.2. The molecule has 0 bridgehead atoms. The maximum atomic E-state index is 10.8. The molecule has 129 valence electrons. The molecule has 0 aromatic carbocycles. The van der Waals surface area contributed by atoms with Crippen LogP contribution in [0, 0.1) is 16.2 Å². The van der Waals surface area contributed by atoms with Gasteiger partial charge in [-0.2, -0.15) is 39.5 Å². The van der Waals surface area contributed by atoms with Gasteiger partial charge in [-0.1, -0.05) is 0 Å². The van der Waals surface area contributed by atoms with Crippen LogP contribution in [0.4, 0.5) is 39.5 Å². The number of rotatable bonds is 0. The number of amidine groups is 3. The summed E-state index contributed by atoms with van der Waals surface area (Å²) in [5.41, 5.74) is 17.1. The van der Waals surface area contributed by atoms with E-state index in [-0.39, 0.29) is 17.4 Å². The van der Waals surface area contributed by atoms with Gasteiger partial charge >= 0.3 is 35.9 Å². The van der Waals surface area contributed by atoms with Crippen molar-refractivity contribution in [3.63, 3.8) is 0 Å². The van der Waals surface area contributed by atoms with Crippen LogP contribution in [-0.4, -0.2) is 36.0 Å². The molecule has 0 aromatic heterocycles. The van der Waals surface area contributed by atoms with Crippen LogP contribution in [0.15, 0.2) is 0 Å². The van der Waals surface area contributed by atoms with Gasteiger partial charge in [0.25, 0.3) is 0 Å². The fourth-order valence-corrected chi connectivity index (χ4v) is 0. The molecule has 16 heteroatoms. The number of hydrogen-bond acceptors (Lipinski definition) is 3. The summed E-state index contributed by atoms with van der Waals surface area (Å²) in [5.74, 6) is -6.02. The average Bonchev–Trinajstić information content (AvgIpc) is 2.14. The van der Waals surface area contributed by atoms with Gasteiger partial charge in [-0.15, -0.1) is 0 Å². The zero-order chi connectivity index (χ0) is 18.2. The van der Waals surface area contributed by atoms with Crippen LogP contribution in [-0.2, 0) is 17.4 Å². The molecule has 0 atom stereocenters. The molecule has 0 aliphatic rings. The van der Waals surface area contributed by atoms with Crippen LogP contribution in [0.1, 0.15) is 0 Å². The molecular formula is C6H6CrF9N6. The molecule has 0 aliphatic carbocycles. The van der Waals surface area contributed by atoms with Crippen molar-refractivity contribution in [2.75, 3.05) is 0 Å². The molecule has 6 nitrogen and oxygen atoms in total. The first kappa shape index (κ1) is 28.5. The molecule has 0 spiro atoms. The Hall–Kier alpha value is -1.69. The van der Waals surface area contributed by atoms with Crippen LogP contribution in [0.5, 0.6) is 0 Å². The monoisotopic (exact) mass is 385 g/mol. The minimum absolute atomic E-state index is 0. The zero-order valence-corrected chi connectivity index (χ0v) is 11.1.